The van der Waals surface area contributed by atoms with Gasteiger partial charge >= 0.3 is 5.97 Å². The molecule has 0 spiro atoms. The molecule has 2 saturated carbocycles. The molecule has 0 radical (unpaired) electrons. The van der Waals surface area contributed by atoms with Gasteiger partial charge in [-0.2, -0.15) is 0 Å². The summed E-state index contributed by atoms with van der Waals surface area (Å²) in [4.78, 5) is 12.7. The van der Waals surface area contributed by atoms with Crippen molar-refractivity contribution in [2.24, 2.45) is 17.8 Å². The van der Waals surface area contributed by atoms with Crippen LogP contribution >= 0.6 is 0 Å². The zero-order valence-corrected chi connectivity index (χ0v) is 16.7. The Labute approximate surface area is 159 Å². The van der Waals surface area contributed by atoms with Crippen molar-refractivity contribution in [3.63, 3.8) is 0 Å². The number of esters is 1. The van der Waals surface area contributed by atoms with Crippen LogP contribution in [0.15, 0.2) is 42.5 Å². The largest absolute Gasteiger partial charge is 0.462 e. The van der Waals surface area contributed by atoms with Crippen molar-refractivity contribution in [3.8, 4) is 0 Å². The van der Waals surface area contributed by atoms with Gasteiger partial charge in [0.25, 0.3) is 0 Å². The van der Waals surface area contributed by atoms with Gasteiger partial charge in [0.2, 0.25) is 0 Å². The van der Waals surface area contributed by atoms with Crippen molar-refractivity contribution in [3.05, 3.63) is 48.0 Å². The molecule has 4 atom stereocenters. The van der Waals surface area contributed by atoms with Gasteiger partial charge in [0, 0.05) is 5.92 Å². The molecule has 26 heavy (non-hydrogen) atoms. The van der Waals surface area contributed by atoms with E-state index in [9.17, 15) is 4.79 Å². The highest BCUT2D eigenvalue weighted by atomic mass is 16.5. The Morgan fingerprint density at radius 1 is 1.19 bits per heavy atom. The third-order valence-electron chi connectivity index (χ3n) is 6.82. The average Bonchev–Trinajstić information content (AvgIpc) is 3.00. The second-order valence-electron chi connectivity index (χ2n) is 9.09. The third-order valence-corrected chi connectivity index (χ3v) is 6.82. The number of ether oxygens (including phenoxy) is 1. The van der Waals surface area contributed by atoms with Crippen LogP contribution in [0.2, 0.25) is 0 Å². The summed E-state index contributed by atoms with van der Waals surface area (Å²) in [6.45, 7) is 11.0. The van der Waals surface area contributed by atoms with Crippen LogP contribution in [-0.4, -0.2) is 12.1 Å². The fourth-order valence-corrected chi connectivity index (χ4v) is 5.01. The fourth-order valence-electron chi connectivity index (χ4n) is 5.01. The maximum Gasteiger partial charge on any atom is 0.306 e. The minimum Gasteiger partial charge on any atom is -0.462 e. The van der Waals surface area contributed by atoms with E-state index >= 15 is 0 Å². The van der Waals surface area contributed by atoms with E-state index in [1.165, 1.54) is 24.0 Å². The molecule has 0 amide bonds. The highest BCUT2D eigenvalue weighted by Gasteiger charge is 2.42. The Balaban J connectivity index is 1.71. The molecular weight excluding hydrogens is 320 g/mol. The minimum absolute atomic E-state index is 0.00328. The third kappa shape index (κ3) is 4.22. The first-order valence-electron chi connectivity index (χ1n) is 10.3. The summed E-state index contributed by atoms with van der Waals surface area (Å²) in [5.41, 5.74) is 2.58. The predicted octanol–water partition coefficient (Wildman–Crippen LogP) is 6.06. The first-order chi connectivity index (χ1) is 12.4. The van der Waals surface area contributed by atoms with Crippen molar-refractivity contribution >= 4 is 5.97 Å². The summed E-state index contributed by atoms with van der Waals surface area (Å²) >= 11 is 0. The molecule has 2 aliphatic rings. The number of hydrogen-bond acceptors (Lipinski definition) is 2. The van der Waals surface area contributed by atoms with Crippen LogP contribution in [0.1, 0.15) is 71.3 Å². The number of carbonyl (C=O) groups excluding carboxylic acids is 1. The number of benzene rings is 1. The van der Waals surface area contributed by atoms with Gasteiger partial charge in [-0.25, -0.2) is 0 Å². The Hall–Kier alpha value is -1.57. The first kappa shape index (κ1) is 19.2. The van der Waals surface area contributed by atoms with Crippen LogP contribution in [0.3, 0.4) is 0 Å². The Morgan fingerprint density at radius 3 is 2.58 bits per heavy atom. The minimum atomic E-state index is -0.0222. The zero-order chi connectivity index (χ0) is 18.7. The van der Waals surface area contributed by atoms with Gasteiger partial charge in [-0.05, 0) is 54.9 Å². The van der Waals surface area contributed by atoms with Gasteiger partial charge in [0.1, 0.15) is 6.10 Å². The van der Waals surface area contributed by atoms with Crippen LogP contribution in [0.4, 0.5) is 0 Å². The van der Waals surface area contributed by atoms with E-state index in [1.807, 2.05) is 0 Å². The average molecular weight is 355 g/mol. The lowest BCUT2D eigenvalue weighted by atomic mass is 9.64. The van der Waals surface area contributed by atoms with E-state index in [1.54, 1.807) is 0 Å². The van der Waals surface area contributed by atoms with Gasteiger partial charge in [-0.1, -0.05) is 69.7 Å². The summed E-state index contributed by atoms with van der Waals surface area (Å²) in [6, 6.07) is 10.7. The van der Waals surface area contributed by atoms with E-state index in [2.05, 4.69) is 57.7 Å². The van der Waals surface area contributed by atoms with Gasteiger partial charge in [0.15, 0.2) is 0 Å². The van der Waals surface area contributed by atoms with Crippen molar-refractivity contribution in [1.29, 1.82) is 0 Å². The number of carbonyl (C=O) groups is 1. The first-order valence-corrected chi connectivity index (χ1v) is 10.3. The second-order valence-corrected chi connectivity index (χ2v) is 9.09. The Bertz CT molecular complexity index is 631. The molecule has 0 heterocycles. The second kappa shape index (κ2) is 7.98. The van der Waals surface area contributed by atoms with Gasteiger partial charge < -0.3 is 4.74 Å². The van der Waals surface area contributed by atoms with Crippen LogP contribution in [0.5, 0.6) is 0 Å². The lowest BCUT2D eigenvalue weighted by molar-refractivity contribution is -0.157. The molecule has 0 bridgehead atoms. The van der Waals surface area contributed by atoms with Crippen LogP contribution < -0.4 is 0 Å². The normalized spacial score (nSPS) is 29.6. The summed E-state index contributed by atoms with van der Waals surface area (Å²) < 4.78 is 6.11. The van der Waals surface area contributed by atoms with Crippen LogP contribution in [0.25, 0.3) is 0 Å². The van der Waals surface area contributed by atoms with E-state index in [0.29, 0.717) is 24.2 Å². The van der Waals surface area contributed by atoms with Crippen LogP contribution in [-0.2, 0) is 14.9 Å². The van der Waals surface area contributed by atoms with Crippen molar-refractivity contribution in [1.82, 2.24) is 0 Å². The molecule has 1 aromatic carbocycles. The van der Waals surface area contributed by atoms with E-state index in [-0.39, 0.29) is 17.5 Å². The lowest BCUT2D eigenvalue weighted by Gasteiger charge is -2.44. The zero-order valence-electron chi connectivity index (χ0n) is 16.7. The Morgan fingerprint density at radius 2 is 1.92 bits per heavy atom. The number of allylic oxidation sites excluding steroid dienone is 1. The van der Waals surface area contributed by atoms with E-state index in [4.69, 9.17) is 4.74 Å². The van der Waals surface area contributed by atoms with Crippen LogP contribution in [0, 0.1) is 17.8 Å². The molecule has 2 aliphatic carbocycles. The van der Waals surface area contributed by atoms with Crippen molar-refractivity contribution < 1.29 is 9.53 Å². The molecular formula is C24H34O2. The molecule has 0 N–H and O–H groups in total. The molecule has 3 rings (SSSR count). The molecule has 0 aromatic heterocycles. The quantitative estimate of drug-likeness (QED) is 0.474. The van der Waals surface area contributed by atoms with Gasteiger partial charge in [-0.15, -0.1) is 0 Å². The van der Waals surface area contributed by atoms with Gasteiger partial charge in [-0.3, -0.25) is 4.79 Å². The summed E-state index contributed by atoms with van der Waals surface area (Å²) in [7, 11) is 0. The monoisotopic (exact) mass is 354 g/mol. The number of hydrogen-bond donors (Lipinski definition) is 0. The van der Waals surface area contributed by atoms with Gasteiger partial charge in [0.05, 0.1) is 6.42 Å². The molecule has 2 nitrogen and oxygen atoms in total. The predicted molar refractivity (Wildman–Crippen MR) is 107 cm³/mol. The topological polar surface area (TPSA) is 26.3 Å². The smallest absolute Gasteiger partial charge is 0.306 e. The summed E-state index contributed by atoms with van der Waals surface area (Å²) in [6.07, 6.45) is 7.19. The maximum atomic E-state index is 12.7. The molecule has 2 fully saturated rings. The van der Waals surface area contributed by atoms with Crippen molar-refractivity contribution in [2.45, 2.75) is 77.2 Å². The van der Waals surface area contributed by atoms with E-state index < -0.39 is 0 Å². The molecule has 142 valence electrons. The highest BCUT2D eigenvalue weighted by Crippen LogP contribution is 2.44. The molecule has 0 aliphatic heterocycles. The van der Waals surface area contributed by atoms with E-state index in [0.717, 1.165) is 25.7 Å². The lowest BCUT2D eigenvalue weighted by Crippen LogP contribution is -2.43. The highest BCUT2D eigenvalue weighted by molar-refractivity contribution is 5.70. The summed E-state index contributed by atoms with van der Waals surface area (Å²) in [5, 5.41) is 0. The standard InChI is InChI=1S/C24H34O2/c1-17-13-14-21(24(3,4)20-11-6-5-7-12-20)22(15-17)26-23(25)16-19-10-8-9-18(19)2/h5-7,11-12,17,19,21-22H,2,8-10,13-16H2,1,3-4H3/t17-,19-,21-,22-/m1/s1. The molecule has 2 heteroatoms. The van der Waals surface area contributed by atoms with Crippen molar-refractivity contribution in [2.75, 3.05) is 0 Å². The summed E-state index contributed by atoms with van der Waals surface area (Å²) in [5.74, 6) is 1.31. The molecule has 0 saturated heterocycles. The molecule has 1 aromatic rings. The number of rotatable bonds is 5. The maximum absolute atomic E-state index is 12.7. The Kier molecular flexibility index (Phi) is 5.89. The molecule has 0 unspecified atom stereocenters. The SMILES string of the molecule is C=C1CCC[C@@H]1CC(=O)O[C@@H]1C[C@H](C)CC[C@H]1C(C)(C)c1ccccc1. The fraction of sp³-hybridized carbons (Fsp3) is 0.625.